The number of sulfone groups is 1. The van der Waals surface area contributed by atoms with Crippen LogP contribution in [0.25, 0.3) is 10.9 Å². The van der Waals surface area contributed by atoms with Crippen molar-refractivity contribution in [2.75, 3.05) is 31.9 Å². The predicted molar refractivity (Wildman–Crippen MR) is 139 cm³/mol. The fraction of sp³-hybridized carbons (Fsp3) is 0.222. The van der Waals surface area contributed by atoms with Gasteiger partial charge in [-0.1, -0.05) is 0 Å². The van der Waals surface area contributed by atoms with Gasteiger partial charge < -0.3 is 24.9 Å². The third-order valence-corrected chi connectivity index (χ3v) is 7.07. The van der Waals surface area contributed by atoms with Gasteiger partial charge in [0.25, 0.3) is 0 Å². The van der Waals surface area contributed by atoms with E-state index in [9.17, 15) is 27.1 Å². The largest absolute Gasteiger partial charge is 0.497 e. The van der Waals surface area contributed by atoms with E-state index in [0.717, 1.165) is 18.4 Å². The van der Waals surface area contributed by atoms with Crippen molar-refractivity contribution < 1.29 is 36.6 Å². The number of nitrogens with one attached hydrogen (secondary N) is 2. The molecule has 0 aliphatic heterocycles. The Morgan fingerprint density at radius 1 is 1.13 bits per heavy atom. The standard InChI is InChI=1S/C27H26F2N2O6S/c1-15-8-21-22(14-30-24(21)13-23(15)29)27(33)26(20-5-4-16(28)9-25(20)37-7-6-32)31-17-10-18(36-2)12-19(11-17)38(3,34)35/h4-5,8-14,26,30-32H,6-7H2,1-3H3. The van der Waals surface area contributed by atoms with Gasteiger partial charge in [-0.05, 0) is 48.9 Å². The second kappa shape index (κ2) is 10.8. The van der Waals surface area contributed by atoms with Crippen LogP contribution in [0.1, 0.15) is 27.5 Å². The molecule has 0 bridgehead atoms. The minimum Gasteiger partial charge on any atom is -0.497 e. The molecule has 1 heterocycles. The molecule has 4 rings (SSSR count). The van der Waals surface area contributed by atoms with Crippen molar-refractivity contribution in [3.63, 3.8) is 0 Å². The number of fused-ring (bicyclic) bond motifs is 1. The summed E-state index contributed by atoms with van der Waals surface area (Å²) in [4.78, 5) is 16.9. The van der Waals surface area contributed by atoms with Gasteiger partial charge in [-0.3, -0.25) is 4.79 Å². The SMILES string of the molecule is COc1cc(NC(C(=O)c2c[nH]c3cc(F)c(C)cc23)c2ccc(F)cc2OCCO)cc(S(C)(=O)=O)c1. The smallest absolute Gasteiger partial charge is 0.191 e. The minimum atomic E-state index is -3.63. The lowest BCUT2D eigenvalue weighted by Gasteiger charge is -2.23. The molecule has 0 spiro atoms. The topological polar surface area (TPSA) is 118 Å². The molecule has 38 heavy (non-hydrogen) atoms. The first-order valence-electron chi connectivity index (χ1n) is 11.5. The molecule has 1 aromatic heterocycles. The number of ketones is 1. The number of Topliss-reactive ketones (excluding diaryl/α,β-unsaturated/α-hetero) is 1. The summed E-state index contributed by atoms with van der Waals surface area (Å²) in [6.45, 7) is 1.08. The number of benzene rings is 3. The quantitative estimate of drug-likeness (QED) is 0.250. The van der Waals surface area contributed by atoms with Crippen LogP contribution in [-0.4, -0.2) is 50.9 Å². The van der Waals surface area contributed by atoms with E-state index >= 15 is 0 Å². The number of aromatic amines is 1. The number of rotatable bonds is 10. The van der Waals surface area contributed by atoms with Gasteiger partial charge in [-0.2, -0.15) is 0 Å². The molecule has 3 N–H and O–H groups in total. The molecule has 0 saturated heterocycles. The van der Waals surface area contributed by atoms with Gasteiger partial charge >= 0.3 is 0 Å². The number of halogens is 2. The Hall–Kier alpha value is -3.96. The highest BCUT2D eigenvalue weighted by Gasteiger charge is 2.28. The van der Waals surface area contributed by atoms with Gasteiger partial charge in [-0.15, -0.1) is 0 Å². The van der Waals surface area contributed by atoms with Crippen LogP contribution in [0.3, 0.4) is 0 Å². The van der Waals surface area contributed by atoms with Crippen molar-refractivity contribution in [2.24, 2.45) is 0 Å². The van der Waals surface area contributed by atoms with Crippen molar-refractivity contribution in [1.29, 1.82) is 0 Å². The Bertz CT molecular complexity index is 1620. The summed E-state index contributed by atoms with van der Waals surface area (Å²) in [5.74, 6) is -1.29. The van der Waals surface area contributed by atoms with E-state index in [1.54, 1.807) is 13.0 Å². The summed E-state index contributed by atoms with van der Waals surface area (Å²) in [6.07, 6.45) is 2.49. The first-order chi connectivity index (χ1) is 18.0. The molecule has 1 atom stereocenters. The molecule has 200 valence electrons. The number of carbonyl (C=O) groups is 1. The highest BCUT2D eigenvalue weighted by atomic mass is 32.2. The Labute approximate surface area is 218 Å². The number of anilines is 1. The van der Waals surface area contributed by atoms with Gasteiger partial charge in [0.15, 0.2) is 15.6 Å². The Balaban J connectivity index is 1.89. The number of aryl methyl sites for hydroxylation is 1. The molecule has 0 aliphatic carbocycles. The zero-order chi connectivity index (χ0) is 27.6. The highest BCUT2D eigenvalue weighted by molar-refractivity contribution is 7.90. The molecule has 8 nitrogen and oxygen atoms in total. The number of ether oxygens (including phenoxy) is 2. The van der Waals surface area contributed by atoms with Crippen molar-refractivity contribution in [2.45, 2.75) is 17.9 Å². The Morgan fingerprint density at radius 3 is 2.58 bits per heavy atom. The number of aliphatic hydroxyl groups excluding tert-OH is 1. The molecule has 0 saturated carbocycles. The zero-order valence-corrected chi connectivity index (χ0v) is 21.7. The molecule has 0 radical (unpaired) electrons. The maximum absolute atomic E-state index is 14.1. The normalized spacial score (nSPS) is 12.4. The number of methoxy groups -OCH3 is 1. The number of carbonyl (C=O) groups excluding carboxylic acids is 1. The van der Waals surface area contributed by atoms with Crippen LogP contribution in [0.5, 0.6) is 11.5 Å². The van der Waals surface area contributed by atoms with Gasteiger partial charge in [-0.25, -0.2) is 17.2 Å². The van der Waals surface area contributed by atoms with E-state index in [4.69, 9.17) is 9.47 Å². The number of aliphatic hydroxyl groups is 1. The van der Waals surface area contributed by atoms with Crippen LogP contribution in [0, 0.1) is 18.6 Å². The average Bonchev–Trinajstić information content (AvgIpc) is 3.27. The highest BCUT2D eigenvalue weighted by Crippen LogP contribution is 2.35. The summed E-state index contributed by atoms with van der Waals surface area (Å²) in [5.41, 5.74) is 1.45. The number of hydrogen-bond acceptors (Lipinski definition) is 7. The second-order valence-corrected chi connectivity index (χ2v) is 10.7. The lowest BCUT2D eigenvalue weighted by molar-refractivity contribution is 0.0969. The summed E-state index contributed by atoms with van der Waals surface area (Å²) in [6, 6.07) is 9.47. The van der Waals surface area contributed by atoms with Crippen LogP contribution in [0.4, 0.5) is 14.5 Å². The maximum Gasteiger partial charge on any atom is 0.191 e. The summed E-state index contributed by atoms with van der Waals surface area (Å²) < 4.78 is 63.6. The van der Waals surface area contributed by atoms with E-state index in [0.29, 0.717) is 16.5 Å². The van der Waals surface area contributed by atoms with Crippen LogP contribution >= 0.6 is 0 Å². The molecule has 0 amide bonds. The van der Waals surface area contributed by atoms with Gasteiger partial charge in [0.2, 0.25) is 0 Å². The van der Waals surface area contributed by atoms with E-state index in [1.807, 2.05) is 0 Å². The lowest BCUT2D eigenvalue weighted by atomic mass is 9.95. The zero-order valence-electron chi connectivity index (χ0n) is 20.8. The number of aromatic nitrogens is 1. The summed E-state index contributed by atoms with van der Waals surface area (Å²) in [7, 11) is -2.26. The van der Waals surface area contributed by atoms with Crippen LogP contribution in [0.15, 0.2) is 59.6 Å². The summed E-state index contributed by atoms with van der Waals surface area (Å²) >= 11 is 0. The van der Waals surface area contributed by atoms with Gasteiger partial charge in [0, 0.05) is 52.3 Å². The van der Waals surface area contributed by atoms with E-state index < -0.39 is 33.3 Å². The van der Waals surface area contributed by atoms with Crippen LogP contribution < -0.4 is 14.8 Å². The van der Waals surface area contributed by atoms with Crippen LogP contribution in [-0.2, 0) is 9.84 Å². The fourth-order valence-electron chi connectivity index (χ4n) is 4.08. The minimum absolute atomic E-state index is 0.0122. The second-order valence-electron chi connectivity index (χ2n) is 8.71. The van der Waals surface area contributed by atoms with Crippen LogP contribution in [0.2, 0.25) is 0 Å². The van der Waals surface area contributed by atoms with Crippen molar-refractivity contribution >= 4 is 32.2 Å². The molecule has 3 aromatic carbocycles. The monoisotopic (exact) mass is 544 g/mol. The first kappa shape index (κ1) is 27.1. The molecule has 1 unspecified atom stereocenters. The third kappa shape index (κ3) is 5.63. The fourth-order valence-corrected chi connectivity index (χ4v) is 4.75. The van der Waals surface area contributed by atoms with E-state index in [1.165, 1.54) is 43.6 Å². The molecular formula is C27H26F2N2O6S. The van der Waals surface area contributed by atoms with E-state index in [2.05, 4.69) is 10.3 Å². The Morgan fingerprint density at radius 2 is 1.89 bits per heavy atom. The van der Waals surface area contributed by atoms with E-state index in [-0.39, 0.29) is 46.4 Å². The Kier molecular flexibility index (Phi) is 7.70. The first-order valence-corrected chi connectivity index (χ1v) is 13.4. The molecular weight excluding hydrogens is 518 g/mol. The van der Waals surface area contributed by atoms with Gasteiger partial charge in [0.05, 0.1) is 18.6 Å². The predicted octanol–water partition coefficient (Wildman–Crippen LogP) is 4.57. The van der Waals surface area contributed by atoms with Crippen molar-refractivity contribution in [3.05, 3.63) is 83.1 Å². The summed E-state index contributed by atoms with van der Waals surface area (Å²) in [5, 5.41) is 12.8. The number of hydrogen-bond donors (Lipinski definition) is 3. The molecule has 0 fully saturated rings. The average molecular weight is 545 g/mol. The molecule has 0 aliphatic rings. The molecule has 4 aromatic rings. The number of H-pyrrole nitrogens is 1. The lowest BCUT2D eigenvalue weighted by Crippen LogP contribution is -2.23. The van der Waals surface area contributed by atoms with Crippen molar-refractivity contribution in [3.8, 4) is 11.5 Å². The van der Waals surface area contributed by atoms with Gasteiger partial charge in [0.1, 0.15) is 35.8 Å². The third-order valence-electron chi connectivity index (χ3n) is 5.98. The van der Waals surface area contributed by atoms with Crippen molar-refractivity contribution in [1.82, 2.24) is 4.98 Å². The maximum atomic E-state index is 14.1. The molecule has 11 heteroatoms.